The molecule has 0 saturated heterocycles. The molecule has 0 radical (unpaired) electrons. The molecule has 2 N–H and O–H groups in total. The third-order valence-corrected chi connectivity index (χ3v) is 3.69. The van der Waals surface area contributed by atoms with Gasteiger partial charge in [0.1, 0.15) is 5.82 Å². The Morgan fingerprint density at radius 1 is 1.36 bits per heavy atom. The van der Waals surface area contributed by atoms with Gasteiger partial charge in [0, 0.05) is 13.0 Å². The summed E-state index contributed by atoms with van der Waals surface area (Å²) in [6, 6.07) is 10.0. The average molecular weight is 301 g/mol. The lowest BCUT2D eigenvalue weighted by molar-refractivity contribution is -0.132. The Hall–Kier alpha value is -2.14. The summed E-state index contributed by atoms with van der Waals surface area (Å²) in [6.07, 6.45) is 2.16. The number of amides is 1. The topological polar surface area (TPSA) is 69.2 Å². The maximum atomic E-state index is 12.5. The van der Waals surface area contributed by atoms with Crippen LogP contribution in [0.1, 0.15) is 36.3 Å². The Kier molecular flexibility index (Phi) is 5.72. The molecule has 0 spiro atoms. The first-order valence-electron chi connectivity index (χ1n) is 7.54. The fourth-order valence-electron chi connectivity index (χ4n) is 2.46. The van der Waals surface area contributed by atoms with Crippen LogP contribution < -0.4 is 0 Å². The van der Waals surface area contributed by atoms with Crippen molar-refractivity contribution in [2.75, 3.05) is 13.2 Å². The van der Waals surface area contributed by atoms with Gasteiger partial charge in [0.05, 0.1) is 25.0 Å². The number of nitrogens with one attached hydrogen (secondary N) is 1. The summed E-state index contributed by atoms with van der Waals surface area (Å²) in [5, 5.41) is 9.20. The van der Waals surface area contributed by atoms with Gasteiger partial charge in [-0.05, 0) is 18.4 Å². The average Bonchev–Trinajstić information content (AvgIpc) is 2.93. The van der Waals surface area contributed by atoms with Gasteiger partial charge in [-0.15, -0.1) is 0 Å². The molecule has 118 valence electrons. The first-order valence-corrected chi connectivity index (χ1v) is 7.54. The molecule has 1 heterocycles. The first kappa shape index (κ1) is 16.2. The van der Waals surface area contributed by atoms with Crippen molar-refractivity contribution < 1.29 is 9.90 Å². The van der Waals surface area contributed by atoms with Crippen LogP contribution in [0.15, 0.2) is 36.5 Å². The molecule has 1 aromatic carbocycles. The molecule has 0 aliphatic rings. The number of H-pyrrole nitrogens is 1. The molecule has 1 unspecified atom stereocenters. The highest BCUT2D eigenvalue weighted by atomic mass is 16.3. The van der Waals surface area contributed by atoms with E-state index in [-0.39, 0.29) is 18.4 Å². The highest BCUT2D eigenvalue weighted by molar-refractivity contribution is 5.77. The molecule has 1 aromatic heterocycles. The van der Waals surface area contributed by atoms with E-state index >= 15 is 0 Å². The zero-order chi connectivity index (χ0) is 15.9. The van der Waals surface area contributed by atoms with Gasteiger partial charge >= 0.3 is 0 Å². The molecule has 5 heteroatoms. The van der Waals surface area contributed by atoms with Crippen molar-refractivity contribution in [3.05, 3.63) is 53.6 Å². The zero-order valence-corrected chi connectivity index (χ0v) is 13.1. The van der Waals surface area contributed by atoms with Crippen molar-refractivity contribution in [1.29, 1.82) is 0 Å². The maximum Gasteiger partial charge on any atom is 0.223 e. The molecule has 0 fully saturated rings. The number of aryl methyl sites for hydroxylation is 1. The fraction of sp³-hybridized carbons (Fsp3) is 0.412. The van der Waals surface area contributed by atoms with E-state index in [1.54, 1.807) is 11.1 Å². The summed E-state index contributed by atoms with van der Waals surface area (Å²) in [5.41, 5.74) is 2.03. The number of aromatic nitrogens is 2. The van der Waals surface area contributed by atoms with Crippen LogP contribution in [0.3, 0.4) is 0 Å². The fourth-order valence-corrected chi connectivity index (χ4v) is 2.46. The minimum atomic E-state index is -0.0431. The summed E-state index contributed by atoms with van der Waals surface area (Å²) in [7, 11) is 0. The summed E-state index contributed by atoms with van der Waals surface area (Å²) < 4.78 is 0. The first-order chi connectivity index (χ1) is 10.6. The molecule has 0 aliphatic heterocycles. The quantitative estimate of drug-likeness (QED) is 0.824. The summed E-state index contributed by atoms with van der Waals surface area (Å²) in [4.78, 5) is 21.4. The molecule has 2 aromatic rings. The Balaban J connectivity index is 2.00. The molecule has 0 saturated carbocycles. The summed E-state index contributed by atoms with van der Waals surface area (Å²) >= 11 is 0. The van der Waals surface area contributed by atoms with Gasteiger partial charge in [0.15, 0.2) is 0 Å². The van der Waals surface area contributed by atoms with Crippen molar-refractivity contribution in [3.8, 4) is 0 Å². The van der Waals surface area contributed by atoms with Crippen LogP contribution in [0.25, 0.3) is 0 Å². The number of carbonyl (C=O) groups is 1. The van der Waals surface area contributed by atoms with Crippen molar-refractivity contribution in [2.24, 2.45) is 0 Å². The smallest absolute Gasteiger partial charge is 0.223 e. The van der Waals surface area contributed by atoms with Crippen LogP contribution in [-0.4, -0.2) is 39.0 Å². The van der Waals surface area contributed by atoms with Crippen molar-refractivity contribution in [2.45, 2.75) is 32.7 Å². The van der Waals surface area contributed by atoms with Crippen LogP contribution >= 0.6 is 0 Å². The number of aliphatic hydroxyl groups is 1. The lowest BCUT2D eigenvalue weighted by Gasteiger charge is -2.23. The molecule has 0 aliphatic carbocycles. The highest BCUT2D eigenvalue weighted by Gasteiger charge is 2.18. The van der Waals surface area contributed by atoms with Crippen molar-refractivity contribution in [1.82, 2.24) is 14.9 Å². The Morgan fingerprint density at radius 3 is 2.68 bits per heavy atom. The third-order valence-electron chi connectivity index (χ3n) is 3.69. The maximum absolute atomic E-state index is 12.5. The predicted molar refractivity (Wildman–Crippen MR) is 85.3 cm³/mol. The molecule has 1 atom stereocenters. The van der Waals surface area contributed by atoms with E-state index < -0.39 is 0 Å². The van der Waals surface area contributed by atoms with E-state index in [9.17, 15) is 9.90 Å². The normalized spacial score (nSPS) is 12.1. The Morgan fingerprint density at radius 2 is 2.09 bits per heavy atom. The summed E-state index contributed by atoms with van der Waals surface area (Å²) in [6.45, 7) is 4.66. The standard InChI is InChI=1S/C17H23N3O2/c1-13(15-6-4-3-5-7-15)10-17(22)20(8-9-21)12-16-11-18-14(2)19-16/h3-7,11,13,21H,8-10,12H2,1-2H3,(H,18,19). The van der Waals surface area contributed by atoms with Gasteiger partial charge in [-0.2, -0.15) is 0 Å². The van der Waals surface area contributed by atoms with E-state index in [2.05, 4.69) is 9.97 Å². The molecule has 5 nitrogen and oxygen atoms in total. The largest absolute Gasteiger partial charge is 0.395 e. The number of aliphatic hydroxyl groups excluding tert-OH is 1. The van der Waals surface area contributed by atoms with Gasteiger partial charge in [0.25, 0.3) is 0 Å². The number of nitrogens with zero attached hydrogens (tertiary/aromatic N) is 2. The second-order valence-corrected chi connectivity index (χ2v) is 5.55. The molecule has 22 heavy (non-hydrogen) atoms. The van der Waals surface area contributed by atoms with Gasteiger partial charge < -0.3 is 15.0 Å². The minimum absolute atomic E-state index is 0.0395. The van der Waals surface area contributed by atoms with Gasteiger partial charge in [0.2, 0.25) is 5.91 Å². The van der Waals surface area contributed by atoms with E-state index in [0.717, 1.165) is 17.1 Å². The van der Waals surface area contributed by atoms with Crippen LogP contribution in [0.5, 0.6) is 0 Å². The SMILES string of the molecule is Cc1ncc(CN(CCO)C(=O)CC(C)c2ccccc2)[nH]1. The zero-order valence-electron chi connectivity index (χ0n) is 13.1. The van der Waals surface area contributed by atoms with Crippen LogP contribution in [0.4, 0.5) is 0 Å². The Bertz CT molecular complexity index is 595. The van der Waals surface area contributed by atoms with E-state index in [1.165, 1.54) is 0 Å². The monoisotopic (exact) mass is 301 g/mol. The van der Waals surface area contributed by atoms with Crippen LogP contribution in [0, 0.1) is 6.92 Å². The number of carbonyl (C=O) groups excluding carboxylic acids is 1. The van der Waals surface area contributed by atoms with E-state index in [4.69, 9.17) is 0 Å². The molecule has 0 bridgehead atoms. The lowest BCUT2D eigenvalue weighted by atomic mass is 9.97. The Labute approximate surface area is 131 Å². The minimum Gasteiger partial charge on any atom is -0.395 e. The van der Waals surface area contributed by atoms with Crippen molar-refractivity contribution in [3.63, 3.8) is 0 Å². The second kappa shape index (κ2) is 7.75. The van der Waals surface area contributed by atoms with Gasteiger partial charge in [-0.3, -0.25) is 4.79 Å². The molecular weight excluding hydrogens is 278 g/mol. The van der Waals surface area contributed by atoms with Gasteiger partial charge in [-0.1, -0.05) is 37.3 Å². The van der Waals surface area contributed by atoms with Crippen molar-refractivity contribution >= 4 is 5.91 Å². The number of imidazole rings is 1. The number of hydrogen-bond acceptors (Lipinski definition) is 3. The van der Waals surface area contributed by atoms with Crippen LogP contribution in [0.2, 0.25) is 0 Å². The second-order valence-electron chi connectivity index (χ2n) is 5.55. The summed E-state index contributed by atoms with van der Waals surface area (Å²) in [5.74, 6) is 1.01. The van der Waals surface area contributed by atoms with E-state index in [0.29, 0.717) is 19.5 Å². The third kappa shape index (κ3) is 4.43. The number of benzene rings is 1. The number of hydrogen-bond donors (Lipinski definition) is 2. The van der Waals surface area contributed by atoms with E-state index in [1.807, 2.05) is 44.2 Å². The number of aromatic amines is 1. The molecular formula is C17H23N3O2. The molecule has 1 amide bonds. The van der Waals surface area contributed by atoms with Gasteiger partial charge in [-0.25, -0.2) is 4.98 Å². The molecule has 2 rings (SSSR count). The lowest BCUT2D eigenvalue weighted by Crippen LogP contribution is -2.33. The highest BCUT2D eigenvalue weighted by Crippen LogP contribution is 2.20. The number of rotatable bonds is 7. The predicted octanol–water partition coefficient (Wildman–Crippen LogP) is 2.23. The van der Waals surface area contributed by atoms with Crippen LogP contribution in [-0.2, 0) is 11.3 Å².